The van der Waals surface area contributed by atoms with Crippen molar-refractivity contribution in [1.29, 1.82) is 0 Å². The number of amidine groups is 1. The van der Waals surface area contributed by atoms with Gasteiger partial charge in [-0.2, -0.15) is 0 Å². The Morgan fingerprint density at radius 2 is 2.11 bits per heavy atom. The second-order valence-electron chi connectivity index (χ2n) is 3.71. The van der Waals surface area contributed by atoms with E-state index in [2.05, 4.69) is 31.1 Å². The molecule has 0 radical (unpaired) electrons. The van der Waals surface area contributed by atoms with Crippen LogP contribution in [-0.2, 0) is 0 Å². The Balaban J connectivity index is 2.35. The lowest BCUT2D eigenvalue weighted by Crippen LogP contribution is -2.16. The Labute approximate surface area is 118 Å². The zero-order chi connectivity index (χ0) is 13.8. The number of aryl methyl sites for hydroxylation is 1. The molecule has 0 fully saturated rings. The fourth-order valence-corrected chi connectivity index (χ4v) is 1.66. The average molecular weight is 323 g/mol. The molecule has 3 N–H and O–H groups in total. The van der Waals surface area contributed by atoms with Gasteiger partial charge in [-0.05, 0) is 30.7 Å². The lowest BCUT2D eigenvalue weighted by Gasteiger charge is -2.09. The Morgan fingerprint density at radius 3 is 2.79 bits per heavy atom. The summed E-state index contributed by atoms with van der Waals surface area (Å²) in [6.07, 6.45) is 2.91. The van der Waals surface area contributed by atoms with E-state index in [0.717, 1.165) is 10.0 Å². The number of aromatic nitrogens is 2. The smallest absolute Gasteiger partial charge is 0.249 e. The number of hydrogen-bond acceptors (Lipinski definition) is 5. The van der Waals surface area contributed by atoms with Crippen LogP contribution in [0, 0.1) is 6.92 Å². The Kier molecular flexibility index (Phi) is 3.96. The summed E-state index contributed by atoms with van der Waals surface area (Å²) in [5, 5.41) is 11.6. The summed E-state index contributed by atoms with van der Waals surface area (Å²) in [6.45, 7) is 1.94. The van der Waals surface area contributed by atoms with Crippen LogP contribution >= 0.6 is 15.9 Å². The number of rotatable bonds is 3. The molecule has 6 nitrogen and oxygen atoms in total. The number of halogens is 1. The number of oxime groups is 1. The monoisotopic (exact) mass is 322 g/mol. The highest BCUT2D eigenvalue weighted by molar-refractivity contribution is 9.10. The van der Waals surface area contributed by atoms with Crippen molar-refractivity contribution >= 4 is 21.8 Å². The molecule has 7 heteroatoms. The maximum absolute atomic E-state index is 8.69. The SMILES string of the molecule is Cc1cc(Oc2nccnc2/C(N)=N/O)ccc1Br. The van der Waals surface area contributed by atoms with Crippen molar-refractivity contribution < 1.29 is 9.94 Å². The summed E-state index contributed by atoms with van der Waals surface area (Å²) in [5.74, 6) is 0.615. The first-order valence-corrected chi connectivity index (χ1v) is 6.14. The molecule has 2 rings (SSSR count). The fourth-order valence-electron chi connectivity index (χ4n) is 1.42. The van der Waals surface area contributed by atoms with Crippen LogP contribution in [0.5, 0.6) is 11.6 Å². The van der Waals surface area contributed by atoms with Crippen LogP contribution in [0.1, 0.15) is 11.3 Å². The summed E-state index contributed by atoms with van der Waals surface area (Å²) < 4.78 is 6.58. The predicted octanol–water partition coefficient (Wildman–Crippen LogP) is 2.43. The highest BCUT2D eigenvalue weighted by Gasteiger charge is 2.12. The minimum atomic E-state index is -0.156. The first-order chi connectivity index (χ1) is 9.11. The molecule has 1 aromatic carbocycles. The Bertz CT molecular complexity index is 631. The molecule has 0 aliphatic carbocycles. The molecule has 19 heavy (non-hydrogen) atoms. The van der Waals surface area contributed by atoms with Gasteiger partial charge in [0.1, 0.15) is 5.75 Å². The standard InChI is InChI=1S/C12H11BrN4O2/c1-7-6-8(2-3-9(7)13)19-12-10(11(14)17-18)15-4-5-16-12/h2-6,18H,1H3,(H2,14,17). The van der Waals surface area contributed by atoms with E-state index in [0.29, 0.717) is 5.75 Å². The number of hydrogen-bond donors (Lipinski definition) is 2. The van der Waals surface area contributed by atoms with E-state index >= 15 is 0 Å². The second kappa shape index (κ2) is 5.66. The molecule has 0 saturated heterocycles. The van der Waals surface area contributed by atoms with E-state index in [4.69, 9.17) is 15.7 Å². The number of ether oxygens (including phenoxy) is 1. The topological polar surface area (TPSA) is 93.6 Å². The molecule has 0 spiro atoms. The van der Waals surface area contributed by atoms with Gasteiger partial charge in [0.15, 0.2) is 11.5 Å². The third-order valence-corrected chi connectivity index (χ3v) is 3.25. The van der Waals surface area contributed by atoms with E-state index in [1.165, 1.54) is 12.4 Å². The molecule has 0 saturated carbocycles. The van der Waals surface area contributed by atoms with Crippen LogP contribution in [0.15, 0.2) is 40.2 Å². The van der Waals surface area contributed by atoms with Crippen LogP contribution in [0.3, 0.4) is 0 Å². The molecule has 0 aliphatic rings. The van der Waals surface area contributed by atoms with Crippen molar-refractivity contribution in [1.82, 2.24) is 9.97 Å². The van der Waals surface area contributed by atoms with E-state index in [1.807, 2.05) is 19.1 Å². The molecule has 0 aliphatic heterocycles. The fraction of sp³-hybridized carbons (Fsp3) is 0.0833. The Morgan fingerprint density at radius 1 is 1.37 bits per heavy atom. The third-order valence-electron chi connectivity index (χ3n) is 2.36. The normalized spacial score (nSPS) is 11.4. The van der Waals surface area contributed by atoms with Crippen molar-refractivity contribution in [3.8, 4) is 11.6 Å². The van der Waals surface area contributed by atoms with Gasteiger partial charge >= 0.3 is 0 Å². The van der Waals surface area contributed by atoms with Gasteiger partial charge in [0, 0.05) is 16.9 Å². The molecular formula is C12H11BrN4O2. The van der Waals surface area contributed by atoms with E-state index in [-0.39, 0.29) is 17.4 Å². The lowest BCUT2D eigenvalue weighted by atomic mass is 10.2. The number of benzene rings is 1. The van der Waals surface area contributed by atoms with Gasteiger partial charge in [-0.25, -0.2) is 9.97 Å². The largest absolute Gasteiger partial charge is 0.437 e. The number of nitrogens with two attached hydrogens (primary N) is 1. The summed E-state index contributed by atoms with van der Waals surface area (Å²) >= 11 is 3.41. The zero-order valence-corrected chi connectivity index (χ0v) is 11.6. The van der Waals surface area contributed by atoms with Gasteiger partial charge in [-0.1, -0.05) is 21.1 Å². The Hall–Kier alpha value is -2.15. The van der Waals surface area contributed by atoms with Gasteiger partial charge in [-0.3, -0.25) is 0 Å². The first kappa shape index (κ1) is 13.3. The lowest BCUT2D eigenvalue weighted by molar-refractivity contribution is 0.318. The van der Waals surface area contributed by atoms with Crippen molar-refractivity contribution in [2.75, 3.05) is 0 Å². The van der Waals surface area contributed by atoms with E-state index < -0.39 is 0 Å². The highest BCUT2D eigenvalue weighted by Crippen LogP contribution is 2.26. The maximum Gasteiger partial charge on any atom is 0.249 e. The molecule has 98 valence electrons. The van der Waals surface area contributed by atoms with Gasteiger partial charge in [0.2, 0.25) is 5.88 Å². The molecule has 2 aromatic rings. The molecule has 0 bridgehead atoms. The van der Waals surface area contributed by atoms with Gasteiger partial charge in [0.05, 0.1) is 0 Å². The molecule has 1 aromatic heterocycles. The molecule has 1 heterocycles. The second-order valence-corrected chi connectivity index (χ2v) is 4.56. The summed E-state index contributed by atoms with van der Waals surface area (Å²) in [4.78, 5) is 8.00. The van der Waals surface area contributed by atoms with Crippen molar-refractivity contribution in [2.24, 2.45) is 10.9 Å². The predicted molar refractivity (Wildman–Crippen MR) is 73.5 cm³/mol. The zero-order valence-electron chi connectivity index (χ0n) is 10.0. The first-order valence-electron chi connectivity index (χ1n) is 5.34. The van der Waals surface area contributed by atoms with E-state index in [1.54, 1.807) is 6.07 Å². The van der Waals surface area contributed by atoms with Gasteiger partial charge < -0.3 is 15.7 Å². The molecule has 0 atom stereocenters. The maximum atomic E-state index is 8.69. The quantitative estimate of drug-likeness (QED) is 0.392. The van der Waals surface area contributed by atoms with Crippen molar-refractivity contribution in [2.45, 2.75) is 6.92 Å². The van der Waals surface area contributed by atoms with Crippen LogP contribution < -0.4 is 10.5 Å². The van der Waals surface area contributed by atoms with Crippen molar-refractivity contribution in [3.05, 3.63) is 46.3 Å². The van der Waals surface area contributed by atoms with Crippen LogP contribution in [0.2, 0.25) is 0 Å². The minimum absolute atomic E-state index is 0.156. The number of nitrogens with zero attached hydrogens (tertiary/aromatic N) is 3. The third kappa shape index (κ3) is 3.00. The molecule has 0 amide bonds. The average Bonchev–Trinajstić information content (AvgIpc) is 2.43. The molecular weight excluding hydrogens is 312 g/mol. The summed E-state index contributed by atoms with van der Waals surface area (Å²) in [5.41, 5.74) is 6.72. The van der Waals surface area contributed by atoms with Crippen molar-refractivity contribution in [3.63, 3.8) is 0 Å². The van der Waals surface area contributed by atoms with Gasteiger partial charge in [-0.15, -0.1) is 0 Å². The molecule has 0 unspecified atom stereocenters. The summed E-state index contributed by atoms with van der Waals surface area (Å²) in [7, 11) is 0. The van der Waals surface area contributed by atoms with Crippen LogP contribution in [0.25, 0.3) is 0 Å². The minimum Gasteiger partial charge on any atom is -0.437 e. The highest BCUT2D eigenvalue weighted by atomic mass is 79.9. The van der Waals surface area contributed by atoms with Gasteiger partial charge in [0.25, 0.3) is 0 Å². The summed E-state index contributed by atoms with van der Waals surface area (Å²) in [6, 6.07) is 5.49. The van der Waals surface area contributed by atoms with Crippen LogP contribution in [-0.4, -0.2) is 21.0 Å². The van der Waals surface area contributed by atoms with Crippen LogP contribution in [0.4, 0.5) is 0 Å². The van der Waals surface area contributed by atoms with E-state index in [9.17, 15) is 0 Å².